The summed E-state index contributed by atoms with van der Waals surface area (Å²) in [6.07, 6.45) is -4.73. The number of likely N-dealkylation sites (N-methyl/N-ethyl adjacent to an activating group) is 1. The van der Waals surface area contributed by atoms with Gasteiger partial charge in [0.2, 0.25) is 0 Å². The molecule has 7 heteroatoms. The van der Waals surface area contributed by atoms with Gasteiger partial charge in [0.05, 0.1) is 17.2 Å². The van der Waals surface area contributed by atoms with Crippen molar-refractivity contribution < 1.29 is 23.1 Å². The summed E-state index contributed by atoms with van der Waals surface area (Å²) in [6, 6.07) is 10.1. The predicted octanol–water partition coefficient (Wildman–Crippen LogP) is 3.16. The minimum Gasteiger partial charge on any atom is -0.387 e. The van der Waals surface area contributed by atoms with Crippen molar-refractivity contribution in [2.45, 2.75) is 18.7 Å². The van der Waals surface area contributed by atoms with E-state index in [0.29, 0.717) is 5.56 Å². The number of benzene rings is 2. The molecule has 0 saturated heterocycles. The molecule has 1 heterocycles. The lowest BCUT2D eigenvalue weighted by atomic mass is 10.0. The van der Waals surface area contributed by atoms with Gasteiger partial charge in [0.1, 0.15) is 0 Å². The Hall–Kier alpha value is -2.54. The van der Waals surface area contributed by atoms with E-state index in [1.54, 1.807) is 6.07 Å². The highest BCUT2D eigenvalue weighted by atomic mass is 19.4. The number of nitrogens with one attached hydrogen (secondary N) is 1. The summed E-state index contributed by atoms with van der Waals surface area (Å²) in [5, 5.41) is 12.7. The molecule has 0 bridgehead atoms. The second-order valence-corrected chi connectivity index (χ2v) is 6.33. The zero-order chi connectivity index (χ0) is 18.9. The molecule has 0 aliphatic carbocycles. The Balaban J connectivity index is 1.69. The smallest absolute Gasteiger partial charge is 0.387 e. The van der Waals surface area contributed by atoms with Crippen LogP contribution in [0.5, 0.6) is 0 Å². The number of amides is 1. The number of hydrogen-bond acceptors (Lipinski definition) is 3. The fourth-order valence-electron chi connectivity index (χ4n) is 3.12. The van der Waals surface area contributed by atoms with Gasteiger partial charge in [0, 0.05) is 25.8 Å². The summed E-state index contributed by atoms with van der Waals surface area (Å²) in [6.45, 7) is 0.736. The molecule has 0 fully saturated rings. The maximum absolute atomic E-state index is 13.0. The molecule has 1 aliphatic heterocycles. The number of aliphatic hydroxyl groups is 1. The summed E-state index contributed by atoms with van der Waals surface area (Å²) in [7, 11) is 1.99. The predicted molar refractivity (Wildman–Crippen MR) is 92.2 cm³/mol. The molecule has 2 aromatic rings. The van der Waals surface area contributed by atoms with Gasteiger partial charge >= 0.3 is 6.18 Å². The zero-order valence-corrected chi connectivity index (χ0v) is 14.2. The quantitative estimate of drug-likeness (QED) is 0.876. The first kappa shape index (κ1) is 18.3. The van der Waals surface area contributed by atoms with Crippen LogP contribution in [0.2, 0.25) is 0 Å². The summed E-state index contributed by atoms with van der Waals surface area (Å²) in [5.41, 5.74) is 1.39. The van der Waals surface area contributed by atoms with Gasteiger partial charge in [-0.3, -0.25) is 4.79 Å². The van der Waals surface area contributed by atoms with Gasteiger partial charge < -0.3 is 15.3 Å². The number of carbonyl (C=O) groups excluding carboxylic acids is 1. The fourth-order valence-corrected chi connectivity index (χ4v) is 3.12. The van der Waals surface area contributed by atoms with Crippen LogP contribution in [-0.4, -0.2) is 31.2 Å². The number of hydrogen-bond donors (Lipinski definition) is 2. The van der Waals surface area contributed by atoms with Crippen molar-refractivity contribution >= 4 is 11.6 Å². The lowest BCUT2D eigenvalue weighted by Crippen LogP contribution is -2.30. The van der Waals surface area contributed by atoms with E-state index in [2.05, 4.69) is 10.2 Å². The molecular formula is C19H19F3N2O2. The van der Waals surface area contributed by atoms with Crippen molar-refractivity contribution in [1.82, 2.24) is 5.32 Å². The number of alkyl halides is 3. The molecule has 0 spiro atoms. The molecule has 0 saturated carbocycles. The molecule has 1 unspecified atom stereocenters. The minimum absolute atomic E-state index is 0.167. The molecule has 4 nitrogen and oxygen atoms in total. The summed E-state index contributed by atoms with van der Waals surface area (Å²) in [4.78, 5) is 14.3. The highest BCUT2D eigenvalue weighted by Crippen LogP contribution is 2.32. The number of carbonyl (C=O) groups is 1. The normalized spacial score (nSPS) is 14.9. The third-order valence-corrected chi connectivity index (χ3v) is 4.55. The first-order chi connectivity index (χ1) is 12.3. The molecule has 1 amide bonds. The number of nitrogens with zero attached hydrogens (tertiary/aromatic N) is 1. The van der Waals surface area contributed by atoms with E-state index in [0.717, 1.165) is 36.3 Å². The number of rotatable bonds is 4. The van der Waals surface area contributed by atoms with Gasteiger partial charge in [0.15, 0.2) is 0 Å². The Morgan fingerprint density at radius 1 is 1.27 bits per heavy atom. The van der Waals surface area contributed by atoms with Crippen LogP contribution in [0, 0.1) is 0 Å². The summed E-state index contributed by atoms with van der Waals surface area (Å²) < 4.78 is 39.0. The molecule has 26 heavy (non-hydrogen) atoms. The lowest BCUT2D eigenvalue weighted by Gasteiger charge is -2.16. The standard InChI is InChI=1S/C19H19F3N2O2/c1-24-9-8-12-10-13(6-7-16(12)24)17(25)11-23-18(26)14-4-2-3-5-15(14)19(20,21)22/h2-7,10,17,25H,8-9,11H2,1H3,(H,23,26). The van der Waals surface area contributed by atoms with Crippen molar-refractivity contribution in [3.63, 3.8) is 0 Å². The first-order valence-corrected chi connectivity index (χ1v) is 8.24. The van der Waals surface area contributed by atoms with Crippen LogP contribution < -0.4 is 10.2 Å². The van der Waals surface area contributed by atoms with Gasteiger partial charge in [0.25, 0.3) is 5.91 Å². The van der Waals surface area contributed by atoms with E-state index in [1.165, 1.54) is 12.1 Å². The van der Waals surface area contributed by atoms with E-state index >= 15 is 0 Å². The van der Waals surface area contributed by atoms with E-state index in [1.807, 2.05) is 19.2 Å². The van der Waals surface area contributed by atoms with E-state index in [4.69, 9.17) is 0 Å². The monoisotopic (exact) mass is 364 g/mol. The largest absolute Gasteiger partial charge is 0.417 e. The SMILES string of the molecule is CN1CCc2cc(C(O)CNC(=O)c3ccccc3C(F)(F)F)ccc21. The third kappa shape index (κ3) is 3.67. The van der Waals surface area contributed by atoms with Crippen molar-refractivity contribution in [1.29, 1.82) is 0 Å². The van der Waals surface area contributed by atoms with Crippen molar-refractivity contribution in [3.8, 4) is 0 Å². The van der Waals surface area contributed by atoms with E-state index < -0.39 is 29.3 Å². The topological polar surface area (TPSA) is 52.6 Å². The average Bonchev–Trinajstić information content (AvgIpc) is 2.99. The Morgan fingerprint density at radius 3 is 2.73 bits per heavy atom. The number of aliphatic hydroxyl groups excluding tert-OH is 1. The van der Waals surface area contributed by atoms with Crippen LogP contribution in [0.1, 0.15) is 33.2 Å². The maximum Gasteiger partial charge on any atom is 0.417 e. The Morgan fingerprint density at radius 2 is 2.00 bits per heavy atom. The van der Waals surface area contributed by atoms with Crippen molar-refractivity contribution in [2.75, 3.05) is 25.0 Å². The van der Waals surface area contributed by atoms with Crippen LogP contribution in [0.25, 0.3) is 0 Å². The molecule has 1 aliphatic rings. The van der Waals surface area contributed by atoms with Crippen LogP contribution in [-0.2, 0) is 12.6 Å². The second-order valence-electron chi connectivity index (χ2n) is 6.33. The van der Waals surface area contributed by atoms with Crippen LogP contribution in [0.3, 0.4) is 0 Å². The maximum atomic E-state index is 13.0. The highest BCUT2D eigenvalue weighted by molar-refractivity contribution is 5.95. The van der Waals surface area contributed by atoms with Crippen LogP contribution in [0.15, 0.2) is 42.5 Å². The van der Waals surface area contributed by atoms with Gasteiger partial charge in [-0.2, -0.15) is 13.2 Å². The molecule has 1 atom stereocenters. The van der Waals surface area contributed by atoms with Crippen molar-refractivity contribution in [3.05, 3.63) is 64.7 Å². The Bertz CT molecular complexity index is 821. The third-order valence-electron chi connectivity index (χ3n) is 4.55. The fraction of sp³-hybridized carbons (Fsp3) is 0.316. The summed E-state index contributed by atoms with van der Waals surface area (Å²) >= 11 is 0. The van der Waals surface area contributed by atoms with Crippen molar-refractivity contribution in [2.24, 2.45) is 0 Å². The summed E-state index contributed by atoms with van der Waals surface area (Å²) in [5.74, 6) is -0.863. The average molecular weight is 364 g/mol. The molecule has 2 N–H and O–H groups in total. The van der Waals surface area contributed by atoms with E-state index in [9.17, 15) is 23.1 Å². The molecule has 3 rings (SSSR count). The van der Waals surface area contributed by atoms with Crippen LogP contribution >= 0.6 is 0 Å². The Labute approximate surface area is 149 Å². The highest BCUT2D eigenvalue weighted by Gasteiger charge is 2.34. The molecular weight excluding hydrogens is 345 g/mol. The molecule has 138 valence electrons. The number of halogens is 3. The molecule has 2 aromatic carbocycles. The molecule has 0 aromatic heterocycles. The molecule has 0 radical (unpaired) electrons. The first-order valence-electron chi connectivity index (χ1n) is 8.24. The zero-order valence-electron chi connectivity index (χ0n) is 14.2. The van der Waals surface area contributed by atoms with E-state index in [-0.39, 0.29) is 6.54 Å². The number of fused-ring (bicyclic) bond motifs is 1. The van der Waals surface area contributed by atoms with Crippen LogP contribution in [0.4, 0.5) is 18.9 Å². The lowest BCUT2D eigenvalue weighted by molar-refractivity contribution is -0.137. The number of anilines is 1. The van der Waals surface area contributed by atoms with Gasteiger partial charge in [-0.05, 0) is 35.7 Å². The van der Waals surface area contributed by atoms with Gasteiger partial charge in [-0.15, -0.1) is 0 Å². The second kappa shape index (κ2) is 6.99. The van der Waals surface area contributed by atoms with Gasteiger partial charge in [-0.25, -0.2) is 0 Å². The Kier molecular flexibility index (Phi) is 4.91. The minimum atomic E-state index is -4.61. The van der Waals surface area contributed by atoms with Gasteiger partial charge in [-0.1, -0.05) is 24.3 Å².